The smallest absolute Gasteiger partial charge is 0.134 e. The molecule has 0 atom stereocenters. The standard InChI is InChI=1S/C8H13N3/c9-5-8(6-10-7-8)11-3-1-2-4-11/h10H,1-4,6-7H2. The lowest BCUT2D eigenvalue weighted by Gasteiger charge is -2.43. The molecule has 0 bridgehead atoms. The molecular weight excluding hydrogens is 138 g/mol. The summed E-state index contributed by atoms with van der Waals surface area (Å²) in [5, 5.41) is 12.1. The van der Waals surface area contributed by atoms with Crippen molar-refractivity contribution in [2.45, 2.75) is 18.4 Å². The van der Waals surface area contributed by atoms with Crippen LogP contribution in [0.4, 0.5) is 0 Å². The first-order valence-electron chi connectivity index (χ1n) is 4.24. The van der Waals surface area contributed by atoms with E-state index >= 15 is 0 Å². The van der Waals surface area contributed by atoms with Crippen molar-refractivity contribution in [2.24, 2.45) is 0 Å². The van der Waals surface area contributed by atoms with Gasteiger partial charge in [0.2, 0.25) is 0 Å². The maximum absolute atomic E-state index is 8.97. The van der Waals surface area contributed by atoms with Gasteiger partial charge in [-0.15, -0.1) is 0 Å². The molecule has 3 nitrogen and oxygen atoms in total. The van der Waals surface area contributed by atoms with Crippen molar-refractivity contribution in [3.05, 3.63) is 0 Å². The lowest BCUT2D eigenvalue weighted by atomic mass is 9.92. The first-order chi connectivity index (χ1) is 5.37. The van der Waals surface area contributed by atoms with Gasteiger partial charge in [0.15, 0.2) is 0 Å². The number of hydrogen-bond donors (Lipinski definition) is 1. The molecule has 2 rings (SSSR count). The zero-order valence-electron chi connectivity index (χ0n) is 6.64. The molecular formula is C8H13N3. The third-order valence-electron chi connectivity index (χ3n) is 2.75. The van der Waals surface area contributed by atoms with Gasteiger partial charge in [0, 0.05) is 13.1 Å². The van der Waals surface area contributed by atoms with Crippen LogP contribution in [-0.4, -0.2) is 36.6 Å². The van der Waals surface area contributed by atoms with E-state index in [-0.39, 0.29) is 5.54 Å². The molecule has 2 aliphatic heterocycles. The monoisotopic (exact) mass is 151 g/mol. The minimum atomic E-state index is -0.128. The second-order valence-corrected chi connectivity index (χ2v) is 3.44. The zero-order valence-corrected chi connectivity index (χ0v) is 6.64. The molecule has 2 fully saturated rings. The Kier molecular flexibility index (Phi) is 1.59. The van der Waals surface area contributed by atoms with Gasteiger partial charge in [-0.1, -0.05) is 0 Å². The van der Waals surface area contributed by atoms with E-state index in [1.807, 2.05) is 0 Å². The van der Waals surface area contributed by atoms with E-state index in [1.54, 1.807) is 0 Å². The molecule has 0 spiro atoms. The van der Waals surface area contributed by atoms with Crippen LogP contribution >= 0.6 is 0 Å². The maximum atomic E-state index is 8.97. The average Bonchev–Trinajstić information content (AvgIpc) is 2.39. The summed E-state index contributed by atoms with van der Waals surface area (Å²) in [4.78, 5) is 2.32. The molecule has 0 unspecified atom stereocenters. The Morgan fingerprint density at radius 3 is 2.27 bits per heavy atom. The highest BCUT2D eigenvalue weighted by molar-refractivity contribution is 5.17. The topological polar surface area (TPSA) is 39.1 Å². The molecule has 60 valence electrons. The number of rotatable bonds is 1. The van der Waals surface area contributed by atoms with E-state index < -0.39 is 0 Å². The Labute approximate surface area is 67.0 Å². The van der Waals surface area contributed by atoms with Crippen LogP contribution in [0.5, 0.6) is 0 Å². The van der Waals surface area contributed by atoms with Crippen LogP contribution in [0.15, 0.2) is 0 Å². The predicted molar refractivity (Wildman–Crippen MR) is 42.0 cm³/mol. The van der Waals surface area contributed by atoms with Crippen LogP contribution < -0.4 is 5.32 Å². The van der Waals surface area contributed by atoms with Crippen molar-refractivity contribution in [2.75, 3.05) is 26.2 Å². The summed E-state index contributed by atoms with van der Waals surface area (Å²) in [5.41, 5.74) is -0.128. The second-order valence-electron chi connectivity index (χ2n) is 3.44. The predicted octanol–water partition coefficient (Wildman–Crippen LogP) is -0.0522. The summed E-state index contributed by atoms with van der Waals surface area (Å²) in [6, 6.07) is 2.42. The first kappa shape index (κ1) is 7.08. The minimum Gasteiger partial charge on any atom is -0.311 e. The number of nitrogens with one attached hydrogen (secondary N) is 1. The van der Waals surface area contributed by atoms with E-state index in [0.29, 0.717) is 0 Å². The summed E-state index contributed by atoms with van der Waals surface area (Å²) in [6.07, 6.45) is 2.53. The molecule has 2 heterocycles. The van der Waals surface area contributed by atoms with E-state index in [0.717, 1.165) is 26.2 Å². The van der Waals surface area contributed by atoms with Gasteiger partial charge in [-0.25, -0.2) is 0 Å². The Balaban J connectivity index is 2.06. The van der Waals surface area contributed by atoms with Gasteiger partial charge in [-0.05, 0) is 25.9 Å². The number of likely N-dealkylation sites (tertiary alicyclic amines) is 1. The first-order valence-corrected chi connectivity index (χ1v) is 4.24. The fourth-order valence-electron chi connectivity index (χ4n) is 1.88. The Hall–Kier alpha value is -0.590. The molecule has 0 amide bonds. The molecule has 0 aromatic heterocycles. The van der Waals surface area contributed by atoms with Crippen molar-refractivity contribution >= 4 is 0 Å². The van der Waals surface area contributed by atoms with Gasteiger partial charge in [0.25, 0.3) is 0 Å². The summed E-state index contributed by atoms with van der Waals surface area (Å²) < 4.78 is 0. The van der Waals surface area contributed by atoms with Crippen molar-refractivity contribution < 1.29 is 0 Å². The number of nitriles is 1. The molecule has 0 aromatic rings. The van der Waals surface area contributed by atoms with Gasteiger partial charge >= 0.3 is 0 Å². The summed E-state index contributed by atoms with van der Waals surface area (Å²) in [6.45, 7) is 3.97. The van der Waals surface area contributed by atoms with Gasteiger partial charge in [-0.2, -0.15) is 5.26 Å². The Morgan fingerprint density at radius 1 is 1.27 bits per heavy atom. The maximum Gasteiger partial charge on any atom is 0.134 e. The highest BCUT2D eigenvalue weighted by atomic mass is 15.3. The fraction of sp³-hybridized carbons (Fsp3) is 0.875. The van der Waals surface area contributed by atoms with Crippen molar-refractivity contribution in [1.82, 2.24) is 10.2 Å². The van der Waals surface area contributed by atoms with Crippen LogP contribution in [0, 0.1) is 11.3 Å². The number of hydrogen-bond acceptors (Lipinski definition) is 3. The lowest BCUT2D eigenvalue weighted by Crippen LogP contribution is -2.67. The van der Waals surface area contributed by atoms with Crippen LogP contribution in [-0.2, 0) is 0 Å². The second kappa shape index (κ2) is 2.47. The van der Waals surface area contributed by atoms with Crippen LogP contribution in [0.1, 0.15) is 12.8 Å². The molecule has 11 heavy (non-hydrogen) atoms. The van der Waals surface area contributed by atoms with Gasteiger partial charge in [-0.3, -0.25) is 4.90 Å². The molecule has 1 N–H and O–H groups in total. The van der Waals surface area contributed by atoms with Gasteiger partial charge in [0.05, 0.1) is 6.07 Å². The van der Waals surface area contributed by atoms with Crippen LogP contribution in [0.25, 0.3) is 0 Å². The molecule has 0 radical (unpaired) electrons. The molecule has 2 aliphatic rings. The third-order valence-corrected chi connectivity index (χ3v) is 2.75. The summed E-state index contributed by atoms with van der Waals surface area (Å²) >= 11 is 0. The molecule has 3 heteroatoms. The van der Waals surface area contributed by atoms with Crippen LogP contribution in [0.2, 0.25) is 0 Å². The van der Waals surface area contributed by atoms with E-state index in [1.165, 1.54) is 12.8 Å². The lowest BCUT2D eigenvalue weighted by molar-refractivity contribution is 0.113. The van der Waals surface area contributed by atoms with E-state index in [2.05, 4.69) is 16.3 Å². The zero-order chi connectivity index (χ0) is 7.73. The Morgan fingerprint density at radius 2 is 1.91 bits per heavy atom. The molecule has 0 aliphatic carbocycles. The van der Waals surface area contributed by atoms with E-state index in [4.69, 9.17) is 5.26 Å². The number of nitrogens with zero attached hydrogens (tertiary/aromatic N) is 2. The normalized spacial score (nSPS) is 29.4. The summed E-state index contributed by atoms with van der Waals surface area (Å²) in [5.74, 6) is 0. The Bertz CT molecular complexity index is 184. The van der Waals surface area contributed by atoms with Crippen LogP contribution in [0.3, 0.4) is 0 Å². The van der Waals surface area contributed by atoms with Crippen molar-refractivity contribution in [3.8, 4) is 6.07 Å². The highest BCUT2D eigenvalue weighted by Gasteiger charge is 2.43. The average molecular weight is 151 g/mol. The molecule has 2 saturated heterocycles. The minimum absolute atomic E-state index is 0.128. The van der Waals surface area contributed by atoms with Gasteiger partial charge < -0.3 is 5.32 Å². The fourth-order valence-corrected chi connectivity index (χ4v) is 1.88. The largest absolute Gasteiger partial charge is 0.311 e. The van der Waals surface area contributed by atoms with Crippen molar-refractivity contribution in [3.63, 3.8) is 0 Å². The SMILES string of the molecule is N#CC1(N2CCCC2)CNC1. The third kappa shape index (κ3) is 0.943. The van der Waals surface area contributed by atoms with Crippen molar-refractivity contribution in [1.29, 1.82) is 5.26 Å². The quantitative estimate of drug-likeness (QED) is 0.571. The van der Waals surface area contributed by atoms with Gasteiger partial charge in [0.1, 0.15) is 5.54 Å². The van der Waals surface area contributed by atoms with E-state index in [9.17, 15) is 0 Å². The molecule has 0 saturated carbocycles. The highest BCUT2D eigenvalue weighted by Crippen LogP contribution is 2.24. The molecule has 0 aromatic carbocycles. The summed E-state index contributed by atoms with van der Waals surface area (Å²) in [7, 11) is 0.